The van der Waals surface area contributed by atoms with Crippen LogP contribution in [-0.2, 0) is 16.6 Å². The fourth-order valence-electron chi connectivity index (χ4n) is 2.46. The molecule has 0 aliphatic heterocycles. The number of sulfonamides is 1. The van der Waals surface area contributed by atoms with Crippen LogP contribution < -0.4 is 9.29 Å². The van der Waals surface area contributed by atoms with Crippen LogP contribution in [0.2, 0.25) is 0 Å². The SMILES string of the molecule is Cc1cc(S(=O)(=O)NCCC[n+]2cc[nH]c2)c(C)c(C)c1C. The lowest BCUT2D eigenvalue weighted by Gasteiger charge is -2.15. The third kappa shape index (κ3) is 3.56. The maximum absolute atomic E-state index is 12.5. The summed E-state index contributed by atoms with van der Waals surface area (Å²) in [5.41, 5.74) is 4.03. The molecule has 0 spiro atoms. The molecule has 0 amide bonds. The molecule has 2 aromatic rings. The Morgan fingerprint density at radius 2 is 1.86 bits per heavy atom. The molecule has 2 rings (SSSR count). The summed E-state index contributed by atoms with van der Waals surface area (Å²) in [5.74, 6) is 0. The summed E-state index contributed by atoms with van der Waals surface area (Å²) in [4.78, 5) is 3.35. The average Bonchev–Trinajstić information content (AvgIpc) is 2.98. The smallest absolute Gasteiger partial charge is 0.241 e. The van der Waals surface area contributed by atoms with Gasteiger partial charge in [0.25, 0.3) is 0 Å². The first-order valence-electron chi connectivity index (χ1n) is 7.42. The standard InChI is InChI=1S/C16H23N3O2S/c1-12-10-16(15(4)14(3)13(12)2)22(20,21)18-6-5-8-19-9-7-17-11-19/h7,9-11,18H,5-6,8H2,1-4H3/p+1. The highest BCUT2D eigenvalue weighted by Crippen LogP contribution is 2.24. The van der Waals surface area contributed by atoms with Crippen LogP contribution in [-0.4, -0.2) is 19.9 Å². The quantitative estimate of drug-likeness (QED) is 0.630. The highest BCUT2D eigenvalue weighted by Gasteiger charge is 2.19. The van der Waals surface area contributed by atoms with Gasteiger partial charge in [-0.1, -0.05) is 0 Å². The van der Waals surface area contributed by atoms with Crippen molar-refractivity contribution in [1.82, 2.24) is 9.71 Å². The molecule has 5 nitrogen and oxygen atoms in total. The van der Waals surface area contributed by atoms with Crippen LogP contribution in [0.3, 0.4) is 0 Å². The molecule has 22 heavy (non-hydrogen) atoms. The van der Waals surface area contributed by atoms with Crippen molar-refractivity contribution >= 4 is 10.0 Å². The molecule has 0 fully saturated rings. The first-order chi connectivity index (χ1) is 10.3. The van der Waals surface area contributed by atoms with E-state index in [9.17, 15) is 8.42 Å². The number of nitrogens with zero attached hydrogens (tertiary/aromatic N) is 1. The first-order valence-corrected chi connectivity index (χ1v) is 8.90. The molecule has 1 heterocycles. The second-order valence-electron chi connectivity index (χ2n) is 5.67. The molecule has 6 heteroatoms. The van der Waals surface area contributed by atoms with E-state index in [0.717, 1.165) is 35.2 Å². The fraction of sp³-hybridized carbons (Fsp3) is 0.438. The van der Waals surface area contributed by atoms with Gasteiger partial charge in [-0.05, 0) is 62.4 Å². The van der Waals surface area contributed by atoms with Gasteiger partial charge in [0.05, 0.1) is 11.4 Å². The maximum Gasteiger partial charge on any atom is 0.241 e. The Morgan fingerprint density at radius 1 is 1.14 bits per heavy atom. The molecule has 0 aliphatic carbocycles. The topological polar surface area (TPSA) is 65.8 Å². The van der Waals surface area contributed by atoms with Crippen LogP contribution in [0.4, 0.5) is 0 Å². The van der Waals surface area contributed by atoms with Gasteiger partial charge in [0.15, 0.2) is 0 Å². The summed E-state index contributed by atoms with van der Waals surface area (Å²) in [6.07, 6.45) is 6.35. The molecule has 0 radical (unpaired) electrons. The molecule has 0 saturated carbocycles. The number of H-pyrrole nitrogens is 1. The van der Waals surface area contributed by atoms with E-state index >= 15 is 0 Å². The normalized spacial score (nSPS) is 11.8. The average molecular weight is 322 g/mol. The lowest BCUT2D eigenvalue weighted by molar-refractivity contribution is -0.695. The third-order valence-corrected chi connectivity index (χ3v) is 5.80. The number of imidazole rings is 1. The highest BCUT2D eigenvalue weighted by molar-refractivity contribution is 7.89. The van der Waals surface area contributed by atoms with Crippen molar-refractivity contribution in [2.75, 3.05) is 6.54 Å². The molecular formula is C16H24N3O2S+. The van der Waals surface area contributed by atoms with Crippen LogP contribution in [0.5, 0.6) is 0 Å². The van der Waals surface area contributed by atoms with E-state index < -0.39 is 10.0 Å². The lowest BCUT2D eigenvalue weighted by Crippen LogP contribution is -2.34. The minimum absolute atomic E-state index is 0.391. The Kier molecular flexibility index (Phi) is 5.03. The molecule has 0 saturated heterocycles. The van der Waals surface area contributed by atoms with Crippen molar-refractivity contribution in [3.63, 3.8) is 0 Å². The van der Waals surface area contributed by atoms with Gasteiger partial charge in [0.1, 0.15) is 12.4 Å². The Labute approximate surface area is 132 Å². The maximum atomic E-state index is 12.5. The summed E-state index contributed by atoms with van der Waals surface area (Å²) in [5, 5.41) is 0. The van der Waals surface area contributed by atoms with Crippen LogP contribution in [0.1, 0.15) is 28.7 Å². The van der Waals surface area contributed by atoms with E-state index in [-0.39, 0.29) is 0 Å². The number of aromatic nitrogens is 2. The van der Waals surface area contributed by atoms with E-state index in [2.05, 4.69) is 9.71 Å². The van der Waals surface area contributed by atoms with Crippen molar-refractivity contribution in [3.8, 4) is 0 Å². The number of rotatable bonds is 6. The van der Waals surface area contributed by atoms with Crippen molar-refractivity contribution in [2.24, 2.45) is 0 Å². The molecule has 120 valence electrons. The van der Waals surface area contributed by atoms with Gasteiger partial charge in [0, 0.05) is 6.54 Å². The van der Waals surface area contributed by atoms with E-state index in [4.69, 9.17) is 0 Å². The second-order valence-corrected chi connectivity index (χ2v) is 7.40. The van der Waals surface area contributed by atoms with Gasteiger partial charge < -0.3 is 0 Å². The molecule has 0 bridgehead atoms. The minimum Gasteiger partial charge on any atom is -0.250 e. The van der Waals surface area contributed by atoms with E-state index in [1.165, 1.54) is 0 Å². The van der Waals surface area contributed by atoms with Gasteiger partial charge in [-0.2, -0.15) is 0 Å². The number of aromatic amines is 1. The largest absolute Gasteiger partial charge is 0.250 e. The zero-order valence-electron chi connectivity index (χ0n) is 13.6. The molecule has 0 unspecified atom stereocenters. The van der Waals surface area contributed by atoms with Crippen LogP contribution in [0.25, 0.3) is 0 Å². The monoisotopic (exact) mass is 322 g/mol. The van der Waals surface area contributed by atoms with Gasteiger partial charge in [-0.25, -0.2) is 17.7 Å². The van der Waals surface area contributed by atoms with Crippen LogP contribution in [0, 0.1) is 27.7 Å². The zero-order valence-corrected chi connectivity index (χ0v) is 14.4. The third-order valence-electron chi connectivity index (χ3n) is 4.21. The van der Waals surface area contributed by atoms with Gasteiger partial charge in [0.2, 0.25) is 16.4 Å². The van der Waals surface area contributed by atoms with E-state index in [0.29, 0.717) is 11.4 Å². The van der Waals surface area contributed by atoms with Crippen molar-refractivity contribution in [3.05, 3.63) is 47.0 Å². The fourth-order valence-corrected chi connectivity index (χ4v) is 3.92. The minimum atomic E-state index is -3.46. The summed E-state index contributed by atoms with van der Waals surface area (Å²) in [7, 11) is -3.46. The van der Waals surface area contributed by atoms with Gasteiger partial charge in [-0.3, -0.25) is 4.98 Å². The number of hydrogen-bond donors (Lipinski definition) is 2. The molecule has 0 aliphatic rings. The summed E-state index contributed by atoms with van der Waals surface area (Å²) in [6.45, 7) is 9.01. The molecule has 0 atom stereocenters. The first kappa shape index (κ1) is 16.7. The number of benzene rings is 1. The lowest BCUT2D eigenvalue weighted by atomic mass is 10.00. The van der Waals surface area contributed by atoms with E-state index in [1.54, 1.807) is 6.07 Å². The summed E-state index contributed by atoms with van der Waals surface area (Å²) in [6, 6.07) is 1.76. The summed E-state index contributed by atoms with van der Waals surface area (Å²) < 4.78 is 29.7. The Hall–Kier alpha value is -1.66. The summed E-state index contributed by atoms with van der Waals surface area (Å²) >= 11 is 0. The van der Waals surface area contributed by atoms with Crippen LogP contribution in [0.15, 0.2) is 29.7 Å². The predicted octanol–water partition coefficient (Wildman–Crippen LogP) is 1.90. The molecule has 1 aromatic heterocycles. The molecule has 2 N–H and O–H groups in total. The number of hydrogen-bond acceptors (Lipinski definition) is 2. The van der Waals surface area contributed by atoms with Crippen LogP contribution >= 0.6 is 0 Å². The Balaban J connectivity index is 2.07. The Morgan fingerprint density at radius 3 is 2.50 bits per heavy atom. The second kappa shape index (κ2) is 6.62. The number of nitrogens with one attached hydrogen (secondary N) is 2. The predicted molar refractivity (Wildman–Crippen MR) is 86.2 cm³/mol. The van der Waals surface area contributed by atoms with Gasteiger partial charge in [-0.15, -0.1) is 0 Å². The molecular weight excluding hydrogens is 298 g/mol. The highest BCUT2D eigenvalue weighted by atomic mass is 32.2. The van der Waals surface area contributed by atoms with Gasteiger partial charge >= 0.3 is 0 Å². The van der Waals surface area contributed by atoms with E-state index in [1.807, 2.05) is 51.0 Å². The van der Waals surface area contributed by atoms with Crippen molar-refractivity contribution in [2.45, 2.75) is 45.6 Å². The van der Waals surface area contributed by atoms with Crippen molar-refractivity contribution in [1.29, 1.82) is 0 Å². The molecule has 1 aromatic carbocycles. The van der Waals surface area contributed by atoms with Crippen molar-refractivity contribution < 1.29 is 13.0 Å². The number of aryl methyl sites for hydroxylation is 2. The zero-order chi connectivity index (χ0) is 16.3. The Bertz CT molecular complexity index is 750.